The lowest BCUT2D eigenvalue weighted by Crippen LogP contribution is -2.48. The van der Waals surface area contributed by atoms with E-state index >= 15 is 0 Å². The standard InChI is InChI=1S/C11H16N2O3/c1-7-4-10(12-16-7)11(14)13-5-8(2)15-9(3)6-13/h4,8-9H,5-6H2,1-3H3/t8-,9+. The molecular weight excluding hydrogens is 208 g/mol. The smallest absolute Gasteiger partial charge is 0.276 e. The first kappa shape index (κ1) is 11.1. The Morgan fingerprint density at radius 1 is 1.44 bits per heavy atom. The van der Waals surface area contributed by atoms with Gasteiger partial charge in [0.05, 0.1) is 12.2 Å². The summed E-state index contributed by atoms with van der Waals surface area (Å²) >= 11 is 0. The fraction of sp³-hybridized carbons (Fsp3) is 0.636. The van der Waals surface area contributed by atoms with Crippen LogP contribution in [-0.4, -0.2) is 41.3 Å². The summed E-state index contributed by atoms with van der Waals surface area (Å²) in [6.07, 6.45) is 0.140. The zero-order valence-corrected chi connectivity index (χ0v) is 9.77. The number of aryl methyl sites for hydroxylation is 1. The van der Waals surface area contributed by atoms with Crippen LogP contribution in [0.5, 0.6) is 0 Å². The summed E-state index contributed by atoms with van der Waals surface area (Å²) in [5.74, 6) is 0.566. The second kappa shape index (κ2) is 4.25. The van der Waals surface area contributed by atoms with Gasteiger partial charge in [0, 0.05) is 19.2 Å². The summed E-state index contributed by atoms with van der Waals surface area (Å²) in [7, 11) is 0. The van der Waals surface area contributed by atoms with Crippen LogP contribution in [0.15, 0.2) is 10.6 Å². The zero-order chi connectivity index (χ0) is 11.7. The lowest BCUT2D eigenvalue weighted by molar-refractivity contribution is -0.0588. The maximum atomic E-state index is 12.1. The van der Waals surface area contributed by atoms with Crippen molar-refractivity contribution in [3.63, 3.8) is 0 Å². The molecule has 2 heterocycles. The predicted molar refractivity (Wildman–Crippen MR) is 57.2 cm³/mol. The molecule has 16 heavy (non-hydrogen) atoms. The van der Waals surface area contributed by atoms with Crippen LogP contribution in [0.1, 0.15) is 30.1 Å². The topological polar surface area (TPSA) is 55.6 Å². The van der Waals surface area contributed by atoms with Crippen molar-refractivity contribution >= 4 is 5.91 Å². The highest BCUT2D eigenvalue weighted by molar-refractivity contribution is 5.92. The van der Waals surface area contributed by atoms with Crippen molar-refractivity contribution in [1.29, 1.82) is 0 Å². The number of aromatic nitrogens is 1. The summed E-state index contributed by atoms with van der Waals surface area (Å²) in [5.41, 5.74) is 0.374. The van der Waals surface area contributed by atoms with Crippen LogP contribution >= 0.6 is 0 Å². The Morgan fingerprint density at radius 2 is 2.06 bits per heavy atom. The number of hydrogen-bond acceptors (Lipinski definition) is 4. The van der Waals surface area contributed by atoms with E-state index in [1.165, 1.54) is 0 Å². The van der Waals surface area contributed by atoms with E-state index in [0.29, 0.717) is 24.5 Å². The van der Waals surface area contributed by atoms with Crippen molar-refractivity contribution in [3.05, 3.63) is 17.5 Å². The molecule has 1 aliphatic rings. The minimum absolute atomic E-state index is 0.0701. The molecule has 0 aliphatic carbocycles. The van der Waals surface area contributed by atoms with E-state index < -0.39 is 0 Å². The van der Waals surface area contributed by atoms with Crippen LogP contribution < -0.4 is 0 Å². The molecule has 0 radical (unpaired) electrons. The lowest BCUT2D eigenvalue weighted by atomic mass is 10.2. The number of nitrogens with zero attached hydrogens (tertiary/aromatic N) is 2. The number of rotatable bonds is 1. The molecule has 0 N–H and O–H groups in total. The Kier molecular flexibility index (Phi) is 2.96. The van der Waals surface area contributed by atoms with E-state index in [9.17, 15) is 4.79 Å². The Bertz CT molecular complexity index is 378. The van der Waals surface area contributed by atoms with Gasteiger partial charge in [0.2, 0.25) is 0 Å². The van der Waals surface area contributed by atoms with Crippen molar-refractivity contribution in [2.45, 2.75) is 33.0 Å². The molecule has 1 aliphatic heterocycles. The number of carbonyl (C=O) groups is 1. The first-order valence-electron chi connectivity index (χ1n) is 5.44. The Hall–Kier alpha value is -1.36. The maximum Gasteiger partial charge on any atom is 0.276 e. The molecule has 1 saturated heterocycles. The van der Waals surface area contributed by atoms with Crippen molar-refractivity contribution < 1.29 is 14.1 Å². The molecule has 2 rings (SSSR count). The van der Waals surface area contributed by atoms with Gasteiger partial charge in [-0.2, -0.15) is 0 Å². The highest BCUT2D eigenvalue weighted by atomic mass is 16.5. The number of ether oxygens (including phenoxy) is 1. The van der Waals surface area contributed by atoms with Crippen molar-refractivity contribution in [3.8, 4) is 0 Å². The summed E-state index contributed by atoms with van der Waals surface area (Å²) in [5, 5.41) is 3.73. The molecular formula is C11H16N2O3. The van der Waals surface area contributed by atoms with Gasteiger partial charge in [0.25, 0.3) is 5.91 Å². The van der Waals surface area contributed by atoms with E-state index in [1.807, 2.05) is 13.8 Å². The second-order valence-electron chi connectivity index (χ2n) is 4.29. The average Bonchev–Trinajstić information content (AvgIpc) is 2.62. The number of morpholine rings is 1. The highest BCUT2D eigenvalue weighted by Gasteiger charge is 2.27. The van der Waals surface area contributed by atoms with Crippen LogP contribution in [0.4, 0.5) is 0 Å². The van der Waals surface area contributed by atoms with Gasteiger partial charge >= 0.3 is 0 Å². The SMILES string of the molecule is Cc1cc(C(=O)N2C[C@@H](C)O[C@@H](C)C2)no1. The minimum atomic E-state index is -0.0844. The Balaban J connectivity index is 2.09. The minimum Gasteiger partial charge on any atom is -0.372 e. The third kappa shape index (κ3) is 2.24. The van der Waals surface area contributed by atoms with Gasteiger partial charge in [-0.3, -0.25) is 4.79 Å². The van der Waals surface area contributed by atoms with Gasteiger partial charge in [-0.25, -0.2) is 0 Å². The molecule has 0 bridgehead atoms. The van der Waals surface area contributed by atoms with Gasteiger partial charge in [0.1, 0.15) is 5.76 Å². The van der Waals surface area contributed by atoms with Crippen LogP contribution in [0.25, 0.3) is 0 Å². The van der Waals surface area contributed by atoms with E-state index in [1.54, 1.807) is 17.9 Å². The number of amides is 1. The van der Waals surface area contributed by atoms with Gasteiger partial charge in [-0.15, -0.1) is 0 Å². The monoisotopic (exact) mass is 224 g/mol. The molecule has 1 aromatic heterocycles. The molecule has 5 heteroatoms. The summed E-state index contributed by atoms with van der Waals surface area (Å²) in [4.78, 5) is 13.8. The third-order valence-corrected chi connectivity index (χ3v) is 2.55. The summed E-state index contributed by atoms with van der Waals surface area (Å²) in [6.45, 7) is 6.91. The molecule has 1 amide bonds. The molecule has 0 spiro atoms. The molecule has 0 aromatic carbocycles. The third-order valence-electron chi connectivity index (χ3n) is 2.55. The first-order valence-corrected chi connectivity index (χ1v) is 5.44. The zero-order valence-electron chi connectivity index (χ0n) is 9.77. The van der Waals surface area contributed by atoms with Crippen LogP contribution in [-0.2, 0) is 4.74 Å². The van der Waals surface area contributed by atoms with Crippen LogP contribution in [0, 0.1) is 6.92 Å². The molecule has 2 atom stereocenters. The average molecular weight is 224 g/mol. The van der Waals surface area contributed by atoms with E-state index in [4.69, 9.17) is 9.26 Å². The van der Waals surface area contributed by atoms with Gasteiger partial charge < -0.3 is 14.2 Å². The van der Waals surface area contributed by atoms with Crippen molar-refractivity contribution in [2.24, 2.45) is 0 Å². The number of carbonyl (C=O) groups excluding carboxylic acids is 1. The molecule has 1 fully saturated rings. The molecule has 5 nitrogen and oxygen atoms in total. The van der Waals surface area contributed by atoms with Crippen LogP contribution in [0.2, 0.25) is 0 Å². The normalized spacial score (nSPS) is 25.8. The van der Waals surface area contributed by atoms with Crippen LogP contribution in [0.3, 0.4) is 0 Å². The van der Waals surface area contributed by atoms with Crippen molar-refractivity contribution in [1.82, 2.24) is 10.1 Å². The first-order chi connectivity index (χ1) is 7.56. The summed E-state index contributed by atoms with van der Waals surface area (Å²) < 4.78 is 10.5. The lowest BCUT2D eigenvalue weighted by Gasteiger charge is -2.34. The second-order valence-corrected chi connectivity index (χ2v) is 4.29. The molecule has 0 saturated carbocycles. The van der Waals surface area contributed by atoms with Gasteiger partial charge in [-0.1, -0.05) is 5.16 Å². The fourth-order valence-corrected chi connectivity index (χ4v) is 1.97. The maximum absolute atomic E-state index is 12.1. The van der Waals surface area contributed by atoms with Gasteiger partial charge in [-0.05, 0) is 20.8 Å². The molecule has 88 valence electrons. The predicted octanol–water partition coefficient (Wildman–Crippen LogP) is 1.23. The fourth-order valence-electron chi connectivity index (χ4n) is 1.97. The Labute approximate surface area is 94.3 Å². The largest absolute Gasteiger partial charge is 0.372 e. The Morgan fingerprint density at radius 3 is 2.56 bits per heavy atom. The highest BCUT2D eigenvalue weighted by Crippen LogP contribution is 2.14. The molecule has 0 unspecified atom stereocenters. The quantitative estimate of drug-likeness (QED) is 0.720. The van der Waals surface area contributed by atoms with Gasteiger partial charge in [0.15, 0.2) is 5.69 Å². The number of hydrogen-bond donors (Lipinski definition) is 0. The molecule has 1 aromatic rings. The van der Waals surface area contributed by atoms with E-state index in [-0.39, 0.29) is 18.1 Å². The summed E-state index contributed by atoms with van der Waals surface area (Å²) in [6, 6.07) is 1.66. The van der Waals surface area contributed by atoms with Crippen molar-refractivity contribution in [2.75, 3.05) is 13.1 Å². The van der Waals surface area contributed by atoms with E-state index in [2.05, 4.69) is 5.16 Å². The van der Waals surface area contributed by atoms with E-state index in [0.717, 1.165) is 0 Å².